The fourth-order valence-electron chi connectivity index (χ4n) is 4.12. The molecule has 0 unspecified atom stereocenters. The Balaban J connectivity index is 1.22. The molecule has 0 atom stereocenters. The molecule has 2 nitrogen and oxygen atoms in total. The molecule has 0 N–H and O–H groups in total. The van der Waals surface area contributed by atoms with Crippen molar-refractivity contribution >= 4 is 31.9 Å². The van der Waals surface area contributed by atoms with Gasteiger partial charge in [0.25, 0.3) is 0 Å². The van der Waals surface area contributed by atoms with Crippen LogP contribution in [0, 0.1) is 0 Å². The fourth-order valence-corrected chi connectivity index (χ4v) is 4.65. The predicted octanol–water partition coefficient (Wildman–Crippen LogP) is 10.9. The zero-order chi connectivity index (χ0) is 24.1. The van der Waals surface area contributed by atoms with Crippen molar-refractivity contribution < 1.29 is 9.47 Å². The van der Waals surface area contributed by atoms with Crippen LogP contribution in [0.5, 0.6) is 11.5 Å². The molecule has 4 heteroatoms. The van der Waals surface area contributed by atoms with Crippen molar-refractivity contribution in [2.75, 3.05) is 13.2 Å². The van der Waals surface area contributed by atoms with E-state index in [1.165, 1.54) is 89.9 Å². The highest BCUT2D eigenvalue weighted by Crippen LogP contribution is 2.18. The summed E-state index contributed by atoms with van der Waals surface area (Å²) in [4.78, 5) is 0. The first-order valence-electron chi connectivity index (χ1n) is 13.5. The second-order valence-electron chi connectivity index (χ2n) is 9.26. The van der Waals surface area contributed by atoms with Gasteiger partial charge in [0.1, 0.15) is 11.5 Å². The second-order valence-corrected chi connectivity index (χ2v) is 11.1. The molecule has 0 fully saturated rings. The van der Waals surface area contributed by atoms with Gasteiger partial charge in [0.2, 0.25) is 0 Å². The third kappa shape index (κ3) is 15.8. The molecule has 34 heavy (non-hydrogen) atoms. The van der Waals surface area contributed by atoms with Gasteiger partial charge in [0.05, 0.1) is 13.2 Å². The molecule has 2 rings (SSSR count). The zero-order valence-corrected chi connectivity index (χ0v) is 24.1. The Kier molecular flexibility index (Phi) is 17.4. The zero-order valence-electron chi connectivity index (χ0n) is 20.9. The standard InChI is InChI=1S/C30H44Br2O2/c31-27-17-21-29(22-18-27)33-25-15-13-11-9-7-5-3-1-2-4-6-8-10-12-14-16-26-34-30-23-19-28(32)20-24-30/h17-24H,1-16,25-26H2. The van der Waals surface area contributed by atoms with Crippen LogP contribution >= 0.6 is 31.9 Å². The highest BCUT2D eigenvalue weighted by Gasteiger charge is 1.97. The molecular weight excluding hydrogens is 552 g/mol. The maximum Gasteiger partial charge on any atom is 0.119 e. The van der Waals surface area contributed by atoms with E-state index in [4.69, 9.17) is 9.47 Å². The average Bonchev–Trinajstić information content (AvgIpc) is 2.85. The minimum atomic E-state index is 0.836. The lowest BCUT2D eigenvalue weighted by atomic mass is 10.0. The van der Waals surface area contributed by atoms with E-state index in [1.807, 2.05) is 48.5 Å². The summed E-state index contributed by atoms with van der Waals surface area (Å²) in [6.07, 6.45) is 21.7. The number of hydrogen-bond acceptors (Lipinski definition) is 2. The SMILES string of the molecule is Brc1ccc(OCCCCCCCCCCCCCCCCCCOc2ccc(Br)cc2)cc1. The molecule has 0 saturated heterocycles. The monoisotopic (exact) mass is 594 g/mol. The number of benzene rings is 2. The molecule has 0 aliphatic rings. The molecule has 190 valence electrons. The number of unbranched alkanes of at least 4 members (excludes halogenated alkanes) is 15. The molecule has 0 saturated carbocycles. The summed E-state index contributed by atoms with van der Waals surface area (Å²) < 4.78 is 13.8. The highest BCUT2D eigenvalue weighted by molar-refractivity contribution is 9.10. The van der Waals surface area contributed by atoms with E-state index >= 15 is 0 Å². The molecule has 2 aromatic carbocycles. The van der Waals surface area contributed by atoms with Crippen molar-refractivity contribution in [3.05, 3.63) is 57.5 Å². The van der Waals surface area contributed by atoms with Gasteiger partial charge in [-0.15, -0.1) is 0 Å². The quantitative estimate of drug-likeness (QED) is 0.134. The Labute approximate surface area is 225 Å². The summed E-state index contributed by atoms with van der Waals surface area (Å²) >= 11 is 6.90. The van der Waals surface area contributed by atoms with Crippen LogP contribution in [0.25, 0.3) is 0 Å². The Bertz CT molecular complexity index is 652. The van der Waals surface area contributed by atoms with Crippen molar-refractivity contribution in [3.8, 4) is 11.5 Å². The third-order valence-electron chi connectivity index (χ3n) is 6.20. The number of ether oxygens (including phenoxy) is 2. The van der Waals surface area contributed by atoms with Gasteiger partial charge in [0, 0.05) is 8.95 Å². The van der Waals surface area contributed by atoms with Crippen molar-refractivity contribution in [2.24, 2.45) is 0 Å². The molecule has 0 aromatic heterocycles. The van der Waals surface area contributed by atoms with Crippen LogP contribution < -0.4 is 9.47 Å². The summed E-state index contributed by atoms with van der Waals surface area (Å²) in [5.74, 6) is 1.95. The lowest BCUT2D eigenvalue weighted by Gasteiger charge is -2.06. The lowest BCUT2D eigenvalue weighted by molar-refractivity contribution is 0.304. The molecule has 2 aromatic rings. The normalized spacial score (nSPS) is 11.0. The number of halogens is 2. The molecule has 0 bridgehead atoms. The van der Waals surface area contributed by atoms with Crippen molar-refractivity contribution in [1.82, 2.24) is 0 Å². The average molecular weight is 596 g/mol. The minimum absolute atomic E-state index is 0.836. The highest BCUT2D eigenvalue weighted by atomic mass is 79.9. The number of hydrogen-bond donors (Lipinski definition) is 0. The van der Waals surface area contributed by atoms with Gasteiger partial charge in [-0.1, -0.05) is 122 Å². The van der Waals surface area contributed by atoms with Crippen molar-refractivity contribution in [1.29, 1.82) is 0 Å². The maximum absolute atomic E-state index is 5.78. The van der Waals surface area contributed by atoms with Gasteiger partial charge >= 0.3 is 0 Å². The van der Waals surface area contributed by atoms with Crippen LogP contribution in [0.15, 0.2) is 57.5 Å². The van der Waals surface area contributed by atoms with E-state index in [9.17, 15) is 0 Å². The van der Waals surface area contributed by atoms with E-state index in [1.54, 1.807) is 0 Å². The predicted molar refractivity (Wildman–Crippen MR) is 153 cm³/mol. The van der Waals surface area contributed by atoms with Gasteiger partial charge in [-0.05, 0) is 61.4 Å². The smallest absolute Gasteiger partial charge is 0.119 e. The third-order valence-corrected chi connectivity index (χ3v) is 7.26. The summed E-state index contributed by atoms with van der Waals surface area (Å²) in [6.45, 7) is 1.67. The van der Waals surface area contributed by atoms with Crippen LogP contribution in [0.1, 0.15) is 103 Å². The summed E-state index contributed by atoms with van der Waals surface area (Å²) in [5, 5.41) is 0. The van der Waals surface area contributed by atoms with E-state index in [-0.39, 0.29) is 0 Å². The van der Waals surface area contributed by atoms with Crippen molar-refractivity contribution in [3.63, 3.8) is 0 Å². The first kappa shape index (κ1) is 29.2. The Morgan fingerprint density at radius 3 is 0.853 bits per heavy atom. The minimum Gasteiger partial charge on any atom is -0.494 e. The Morgan fingerprint density at radius 2 is 0.588 bits per heavy atom. The molecule has 0 heterocycles. The Hall–Kier alpha value is -1.00. The summed E-state index contributed by atoms with van der Waals surface area (Å²) in [7, 11) is 0. The lowest BCUT2D eigenvalue weighted by Crippen LogP contribution is -1.97. The van der Waals surface area contributed by atoms with Crippen LogP contribution in [0.2, 0.25) is 0 Å². The largest absolute Gasteiger partial charge is 0.494 e. The van der Waals surface area contributed by atoms with Crippen LogP contribution in [0.4, 0.5) is 0 Å². The summed E-state index contributed by atoms with van der Waals surface area (Å²) in [5.41, 5.74) is 0. The van der Waals surface area contributed by atoms with Crippen LogP contribution in [0.3, 0.4) is 0 Å². The molecule has 0 spiro atoms. The van der Waals surface area contributed by atoms with Gasteiger partial charge in [0.15, 0.2) is 0 Å². The maximum atomic E-state index is 5.78. The van der Waals surface area contributed by atoms with Crippen LogP contribution in [-0.2, 0) is 0 Å². The summed E-state index contributed by atoms with van der Waals surface area (Å²) in [6, 6.07) is 16.2. The van der Waals surface area contributed by atoms with E-state index in [0.717, 1.165) is 46.5 Å². The van der Waals surface area contributed by atoms with E-state index < -0.39 is 0 Å². The van der Waals surface area contributed by atoms with E-state index in [2.05, 4.69) is 31.9 Å². The van der Waals surface area contributed by atoms with Crippen molar-refractivity contribution in [2.45, 2.75) is 103 Å². The molecular formula is C30H44Br2O2. The molecule has 0 aliphatic heterocycles. The fraction of sp³-hybridized carbons (Fsp3) is 0.600. The first-order valence-corrected chi connectivity index (χ1v) is 15.1. The van der Waals surface area contributed by atoms with Gasteiger partial charge in [-0.2, -0.15) is 0 Å². The number of rotatable bonds is 21. The Morgan fingerprint density at radius 1 is 0.353 bits per heavy atom. The van der Waals surface area contributed by atoms with Gasteiger partial charge < -0.3 is 9.47 Å². The van der Waals surface area contributed by atoms with E-state index in [0.29, 0.717) is 0 Å². The first-order chi connectivity index (χ1) is 16.7. The van der Waals surface area contributed by atoms with Gasteiger partial charge in [-0.3, -0.25) is 0 Å². The second kappa shape index (κ2) is 20.2. The topological polar surface area (TPSA) is 18.5 Å². The van der Waals surface area contributed by atoms with Crippen LogP contribution in [-0.4, -0.2) is 13.2 Å². The van der Waals surface area contributed by atoms with Gasteiger partial charge in [-0.25, -0.2) is 0 Å². The molecule has 0 radical (unpaired) electrons. The molecule has 0 amide bonds. The molecule has 0 aliphatic carbocycles.